The fraction of sp³-hybridized carbons (Fsp3) is 0.312. The Balaban J connectivity index is 1.67. The molecule has 1 fully saturated rings. The zero-order valence-corrected chi connectivity index (χ0v) is 11.7. The lowest BCUT2D eigenvalue weighted by Gasteiger charge is -2.13. The summed E-state index contributed by atoms with van der Waals surface area (Å²) in [5.74, 6) is 0.952. The van der Waals surface area contributed by atoms with Crippen LogP contribution >= 0.6 is 0 Å². The maximum atomic E-state index is 5.82. The highest BCUT2D eigenvalue weighted by atomic mass is 16.5. The molecule has 0 aliphatic carbocycles. The van der Waals surface area contributed by atoms with Gasteiger partial charge in [0.1, 0.15) is 12.4 Å². The van der Waals surface area contributed by atoms with Crippen LogP contribution in [0.3, 0.4) is 0 Å². The third-order valence-corrected chi connectivity index (χ3v) is 3.44. The van der Waals surface area contributed by atoms with Gasteiger partial charge in [-0.05, 0) is 42.8 Å². The molecular formula is C16H19N3O. The molecule has 0 saturated carbocycles. The average molecular weight is 269 g/mol. The van der Waals surface area contributed by atoms with Crippen LogP contribution in [0.15, 0.2) is 47.7 Å². The molecule has 2 aliphatic rings. The third kappa shape index (κ3) is 3.08. The molecule has 1 aromatic rings. The first-order valence-corrected chi connectivity index (χ1v) is 6.89. The molecule has 0 aromatic heterocycles. The largest absolute Gasteiger partial charge is 0.492 e. The summed E-state index contributed by atoms with van der Waals surface area (Å²) in [5.41, 5.74) is 6.82. The second-order valence-electron chi connectivity index (χ2n) is 5.14. The minimum absolute atomic E-state index is 0.752. The van der Waals surface area contributed by atoms with Gasteiger partial charge in [0.15, 0.2) is 0 Å². The van der Waals surface area contributed by atoms with Crippen molar-refractivity contribution in [1.29, 1.82) is 0 Å². The first-order chi connectivity index (χ1) is 9.72. The molecule has 0 atom stereocenters. The van der Waals surface area contributed by atoms with Crippen molar-refractivity contribution >= 4 is 5.71 Å². The van der Waals surface area contributed by atoms with Crippen molar-refractivity contribution in [2.45, 2.75) is 6.92 Å². The normalized spacial score (nSPS) is 17.6. The van der Waals surface area contributed by atoms with Gasteiger partial charge in [0.25, 0.3) is 0 Å². The van der Waals surface area contributed by atoms with E-state index in [9.17, 15) is 0 Å². The number of rotatable bonds is 5. The van der Waals surface area contributed by atoms with E-state index >= 15 is 0 Å². The SMILES string of the molecule is C=C1C=CC(c2ccc(OCCN3CC3)c(C)c2)=NN1. The predicted octanol–water partition coefficient (Wildman–Crippen LogP) is 2.07. The molecule has 4 nitrogen and oxygen atoms in total. The van der Waals surface area contributed by atoms with E-state index in [0.717, 1.165) is 41.4 Å². The molecule has 0 radical (unpaired) electrons. The summed E-state index contributed by atoms with van der Waals surface area (Å²) in [6.45, 7) is 10.1. The number of allylic oxidation sites excluding steroid dienone is 2. The fourth-order valence-electron chi connectivity index (χ4n) is 2.10. The molecule has 20 heavy (non-hydrogen) atoms. The molecule has 1 N–H and O–H groups in total. The first kappa shape index (κ1) is 12.9. The van der Waals surface area contributed by atoms with Crippen molar-refractivity contribution in [3.05, 3.63) is 53.8 Å². The van der Waals surface area contributed by atoms with Crippen LogP contribution in [0.1, 0.15) is 11.1 Å². The third-order valence-electron chi connectivity index (χ3n) is 3.44. The molecule has 0 unspecified atom stereocenters. The molecule has 0 amide bonds. The minimum atomic E-state index is 0.752. The Morgan fingerprint density at radius 3 is 2.85 bits per heavy atom. The van der Waals surface area contributed by atoms with Crippen LogP contribution in [0, 0.1) is 6.92 Å². The Kier molecular flexibility index (Phi) is 3.56. The van der Waals surface area contributed by atoms with E-state index in [1.54, 1.807) is 0 Å². The number of hydrogen-bond acceptors (Lipinski definition) is 4. The summed E-state index contributed by atoms with van der Waals surface area (Å²) < 4.78 is 5.82. The Hall–Kier alpha value is -2.07. The molecule has 4 heteroatoms. The molecule has 2 heterocycles. The van der Waals surface area contributed by atoms with Gasteiger partial charge in [-0.3, -0.25) is 10.3 Å². The summed E-state index contributed by atoms with van der Waals surface area (Å²) in [4.78, 5) is 2.35. The second kappa shape index (κ2) is 5.51. The Labute approximate surface area is 119 Å². The summed E-state index contributed by atoms with van der Waals surface area (Å²) in [6.07, 6.45) is 3.89. The van der Waals surface area contributed by atoms with Crippen LogP contribution in [-0.4, -0.2) is 36.9 Å². The topological polar surface area (TPSA) is 36.6 Å². The lowest BCUT2D eigenvalue weighted by molar-refractivity contribution is 0.290. The van der Waals surface area contributed by atoms with E-state index in [2.05, 4.69) is 35.0 Å². The van der Waals surface area contributed by atoms with Crippen molar-refractivity contribution in [2.75, 3.05) is 26.2 Å². The number of ether oxygens (including phenoxy) is 1. The van der Waals surface area contributed by atoms with Crippen molar-refractivity contribution in [2.24, 2.45) is 5.10 Å². The second-order valence-corrected chi connectivity index (χ2v) is 5.14. The maximum absolute atomic E-state index is 5.82. The summed E-state index contributed by atoms with van der Waals surface area (Å²) in [6, 6.07) is 6.16. The number of nitrogens with one attached hydrogen (secondary N) is 1. The molecule has 0 spiro atoms. The molecule has 0 bridgehead atoms. The highest BCUT2D eigenvalue weighted by molar-refractivity contribution is 6.09. The van der Waals surface area contributed by atoms with Crippen LogP contribution in [0.2, 0.25) is 0 Å². The van der Waals surface area contributed by atoms with Gasteiger partial charge >= 0.3 is 0 Å². The zero-order chi connectivity index (χ0) is 13.9. The summed E-state index contributed by atoms with van der Waals surface area (Å²) in [7, 11) is 0. The maximum Gasteiger partial charge on any atom is 0.122 e. The lowest BCUT2D eigenvalue weighted by atomic mass is 10.1. The molecule has 1 saturated heterocycles. The van der Waals surface area contributed by atoms with Gasteiger partial charge in [0.2, 0.25) is 0 Å². The van der Waals surface area contributed by atoms with Crippen molar-refractivity contribution in [1.82, 2.24) is 10.3 Å². The number of hydrazone groups is 1. The van der Waals surface area contributed by atoms with Gasteiger partial charge in [-0.1, -0.05) is 6.58 Å². The fourth-order valence-corrected chi connectivity index (χ4v) is 2.10. The highest BCUT2D eigenvalue weighted by Crippen LogP contribution is 2.20. The molecular weight excluding hydrogens is 250 g/mol. The van der Waals surface area contributed by atoms with Crippen LogP contribution in [0.25, 0.3) is 0 Å². The van der Waals surface area contributed by atoms with Crippen molar-refractivity contribution in [3.8, 4) is 5.75 Å². The zero-order valence-electron chi connectivity index (χ0n) is 11.7. The number of aryl methyl sites for hydroxylation is 1. The van der Waals surface area contributed by atoms with Crippen LogP contribution in [-0.2, 0) is 0 Å². The van der Waals surface area contributed by atoms with Crippen molar-refractivity contribution < 1.29 is 4.74 Å². The number of hydrogen-bond donors (Lipinski definition) is 1. The molecule has 104 valence electrons. The summed E-state index contributed by atoms with van der Waals surface area (Å²) >= 11 is 0. The molecule has 3 rings (SSSR count). The van der Waals surface area contributed by atoms with E-state index in [4.69, 9.17) is 4.74 Å². The van der Waals surface area contributed by atoms with Crippen molar-refractivity contribution in [3.63, 3.8) is 0 Å². The smallest absolute Gasteiger partial charge is 0.122 e. The Morgan fingerprint density at radius 1 is 1.35 bits per heavy atom. The lowest BCUT2D eigenvalue weighted by Crippen LogP contribution is -2.13. The van der Waals surface area contributed by atoms with Gasteiger partial charge in [-0.15, -0.1) is 0 Å². The van der Waals surface area contributed by atoms with Gasteiger partial charge in [-0.25, -0.2) is 0 Å². The number of benzene rings is 1. The molecule has 2 aliphatic heterocycles. The number of nitrogens with zero attached hydrogens (tertiary/aromatic N) is 2. The summed E-state index contributed by atoms with van der Waals surface area (Å²) in [5, 5.41) is 4.28. The van der Waals surface area contributed by atoms with Gasteiger partial charge in [-0.2, -0.15) is 5.10 Å². The monoisotopic (exact) mass is 269 g/mol. The highest BCUT2D eigenvalue weighted by Gasteiger charge is 2.16. The minimum Gasteiger partial charge on any atom is -0.492 e. The molecule has 1 aromatic carbocycles. The van der Waals surface area contributed by atoms with Crippen LogP contribution < -0.4 is 10.2 Å². The Morgan fingerprint density at radius 2 is 2.20 bits per heavy atom. The van der Waals surface area contributed by atoms with Gasteiger partial charge in [0.05, 0.1) is 5.71 Å². The van der Waals surface area contributed by atoms with Crippen LogP contribution in [0.5, 0.6) is 5.75 Å². The van der Waals surface area contributed by atoms with Gasteiger partial charge in [0, 0.05) is 30.9 Å². The van der Waals surface area contributed by atoms with E-state index in [1.165, 1.54) is 13.1 Å². The standard InChI is InChI=1S/C16H19N3O/c1-12-11-14(15-5-3-13(2)17-18-15)4-6-16(12)20-10-9-19-7-8-19/h3-6,11,17H,2,7-10H2,1H3. The van der Waals surface area contributed by atoms with Gasteiger partial charge < -0.3 is 4.74 Å². The first-order valence-electron chi connectivity index (χ1n) is 6.89. The average Bonchev–Trinajstić information content (AvgIpc) is 3.26. The van der Waals surface area contributed by atoms with Crippen LogP contribution in [0.4, 0.5) is 0 Å². The van der Waals surface area contributed by atoms with E-state index in [0.29, 0.717) is 0 Å². The quantitative estimate of drug-likeness (QED) is 0.831. The van der Waals surface area contributed by atoms with E-state index < -0.39 is 0 Å². The predicted molar refractivity (Wildman–Crippen MR) is 81.1 cm³/mol. The van der Waals surface area contributed by atoms with E-state index in [1.807, 2.05) is 24.3 Å². The van der Waals surface area contributed by atoms with E-state index in [-0.39, 0.29) is 0 Å². The Bertz CT molecular complexity index is 585.